The molecule has 18 heteroatoms. The van der Waals surface area contributed by atoms with Crippen molar-refractivity contribution >= 4 is 27.5 Å². The van der Waals surface area contributed by atoms with E-state index in [1.54, 1.807) is 0 Å². The Morgan fingerprint density at radius 2 is 1.85 bits per heavy atom. The number of carbonyl (C=O) groups is 1. The molecular formula is C21H20F6N6O5S. The molecule has 0 saturated heterocycles. The quantitative estimate of drug-likeness (QED) is 0.328. The van der Waals surface area contributed by atoms with Crippen LogP contribution in [0.5, 0.6) is 0 Å². The average Bonchev–Trinajstić information content (AvgIpc) is 3.23. The van der Waals surface area contributed by atoms with Crippen LogP contribution in [0.1, 0.15) is 34.8 Å². The summed E-state index contributed by atoms with van der Waals surface area (Å²) in [5, 5.41) is 20.0. The highest BCUT2D eigenvalue weighted by molar-refractivity contribution is 7.89. The molecule has 2 heterocycles. The van der Waals surface area contributed by atoms with Crippen molar-refractivity contribution < 1.29 is 53.9 Å². The summed E-state index contributed by atoms with van der Waals surface area (Å²) in [5.74, 6) is -4.91. The molecule has 3 aliphatic rings. The van der Waals surface area contributed by atoms with Crippen LogP contribution in [0.4, 0.5) is 32.2 Å². The second-order valence-electron chi connectivity index (χ2n) is 9.28. The Hall–Kier alpha value is -3.51. The molecule has 0 atom stereocenters. The fraction of sp³-hybridized carbons (Fsp3) is 0.429. The number of aryl methyl sites for hydroxylation is 1. The average molecular weight is 586 g/mol. The van der Waals surface area contributed by atoms with Crippen LogP contribution in [0.2, 0.25) is 0 Å². The second-order valence-corrected chi connectivity index (χ2v) is 11.0. The van der Waals surface area contributed by atoms with E-state index in [2.05, 4.69) is 19.8 Å². The highest BCUT2D eigenvalue weighted by Crippen LogP contribution is 2.67. The van der Waals surface area contributed by atoms with Crippen LogP contribution in [0.3, 0.4) is 0 Å². The van der Waals surface area contributed by atoms with E-state index < -0.39 is 52.4 Å². The zero-order valence-corrected chi connectivity index (χ0v) is 20.1. The van der Waals surface area contributed by atoms with Crippen LogP contribution >= 0.6 is 0 Å². The number of nitrogens with one attached hydrogen (secondary N) is 1. The molecule has 3 fully saturated rings. The summed E-state index contributed by atoms with van der Waals surface area (Å²) >= 11 is 0. The topological polar surface area (TPSA) is 173 Å². The van der Waals surface area contributed by atoms with Crippen molar-refractivity contribution in [2.24, 2.45) is 5.41 Å². The summed E-state index contributed by atoms with van der Waals surface area (Å²) in [4.78, 5) is 15.7. The lowest BCUT2D eigenvalue weighted by Crippen LogP contribution is -2.75. The molecule has 0 radical (unpaired) electrons. The molecule has 212 valence electrons. The lowest BCUT2D eigenvalue weighted by molar-refractivity contribution is -0.192. The van der Waals surface area contributed by atoms with Crippen molar-refractivity contribution in [3.63, 3.8) is 0 Å². The third-order valence-corrected chi connectivity index (χ3v) is 7.86. The minimum Gasteiger partial charge on any atom is -0.475 e. The Morgan fingerprint density at radius 1 is 1.23 bits per heavy atom. The maximum absolute atomic E-state index is 13.3. The summed E-state index contributed by atoms with van der Waals surface area (Å²) in [6.45, 7) is -2.77. The van der Waals surface area contributed by atoms with Gasteiger partial charge in [-0.15, -0.1) is 5.10 Å². The zero-order chi connectivity index (χ0) is 31.7. The number of nitrogens with two attached hydrogens (primary N) is 1. The number of carboxylic acid groups (broad SMARTS) is 1. The third-order valence-electron chi connectivity index (χ3n) is 6.29. The number of hydrogen-bond donors (Lipinski definition) is 4. The fourth-order valence-electron chi connectivity index (χ4n) is 4.73. The van der Waals surface area contributed by atoms with E-state index >= 15 is 0 Å². The van der Waals surface area contributed by atoms with Gasteiger partial charge in [-0.05, 0) is 49.2 Å². The SMILES string of the molecule is O=C(O)C(F)(F)F.[2H]C([2H])([2H])c1ccc(S(=O)(=O)NC23CC(CO)(C2)C3)cc1-c1cnc2c(N)nc(C(F)(F)F)nn12. The number of fused-ring (bicyclic) bond motifs is 1. The summed E-state index contributed by atoms with van der Waals surface area (Å²) in [6, 6.07) is 3.27. The number of nitrogens with zero attached hydrogens (tertiary/aromatic N) is 4. The van der Waals surface area contributed by atoms with Gasteiger partial charge in [0, 0.05) is 21.8 Å². The van der Waals surface area contributed by atoms with Crippen molar-refractivity contribution in [1.82, 2.24) is 24.3 Å². The van der Waals surface area contributed by atoms with Gasteiger partial charge in [0.2, 0.25) is 10.0 Å². The number of sulfonamides is 1. The lowest BCUT2D eigenvalue weighted by Gasteiger charge is -2.69. The zero-order valence-electron chi connectivity index (χ0n) is 22.3. The predicted octanol–water partition coefficient (Wildman–Crippen LogP) is 2.53. The lowest BCUT2D eigenvalue weighted by atomic mass is 9.40. The number of hydrogen-bond acceptors (Lipinski definition) is 8. The van der Waals surface area contributed by atoms with Gasteiger partial charge in [0.1, 0.15) is 0 Å². The standard InChI is InChI=1S/C19H19F3N6O3S.C2HF3O2/c1-10-2-3-11(32(30,31)27-18-6-17(7-18,8-18)9-29)4-12(10)13-5-24-15-14(23)25-16(19(20,21)22)26-28(13)15;3-2(4,5)1(6)7/h2-5,27,29H,6-9H2,1H3,(H2,23,25,26);(H,6,7)/i1D3;. The number of aromatic nitrogens is 4. The van der Waals surface area contributed by atoms with Gasteiger partial charge in [0.15, 0.2) is 11.5 Å². The molecule has 3 saturated carbocycles. The van der Waals surface area contributed by atoms with Crippen LogP contribution in [0.25, 0.3) is 16.9 Å². The maximum atomic E-state index is 13.3. The fourth-order valence-corrected chi connectivity index (χ4v) is 6.15. The maximum Gasteiger partial charge on any atom is 0.490 e. The van der Waals surface area contributed by atoms with Crippen LogP contribution in [0.15, 0.2) is 29.3 Å². The summed E-state index contributed by atoms with van der Waals surface area (Å²) in [7, 11) is -4.13. The van der Waals surface area contributed by atoms with Gasteiger partial charge in [-0.2, -0.15) is 26.3 Å². The van der Waals surface area contributed by atoms with Crippen molar-refractivity contribution in [3.8, 4) is 11.3 Å². The van der Waals surface area contributed by atoms with Crippen molar-refractivity contribution in [1.29, 1.82) is 0 Å². The highest BCUT2D eigenvalue weighted by Gasteiger charge is 2.68. The number of carboxylic acids is 1. The molecule has 1 aromatic carbocycles. The van der Waals surface area contributed by atoms with Crippen LogP contribution in [0, 0.1) is 12.3 Å². The number of aliphatic carboxylic acids is 1. The van der Waals surface area contributed by atoms with Gasteiger partial charge in [0.25, 0.3) is 5.82 Å². The first-order valence-corrected chi connectivity index (χ1v) is 12.2. The molecule has 3 aromatic rings. The molecule has 5 N–H and O–H groups in total. The molecule has 11 nitrogen and oxygen atoms in total. The second kappa shape index (κ2) is 9.02. The number of anilines is 1. The molecule has 39 heavy (non-hydrogen) atoms. The molecule has 0 aliphatic heterocycles. The van der Waals surface area contributed by atoms with Crippen molar-refractivity contribution in [2.75, 3.05) is 12.3 Å². The number of benzene rings is 1. The Kier molecular flexibility index (Phi) is 5.67. The van der Waals surface area contributed by atoms with Crippen LogP contribution in [-0.2, 0) is 21.0 Å². The molecule has 0 spiro atoms. The van der Waals surface area contributed by atoms with E-state index in [1.807, 2.05) is 0 Å². The number of aliphatic hydroxyl groups excluding tert-OH is 1. The van der Waals surface area contributed by atoms with Gasteiger partial charge in [0.05, 0.1) is 16.8 Å². The minimum atomic E-state index is -5.08. The smallest absolute Gasteiger partial charge is 0.475 e. The number of halogens is 6. The molecule has 2 aromatic heterocycles. The highest BCUT2D eigenvalue weighted by atomic mass is 32.2. The molecular weight excluding hydrogens is 562 g/mol. The Balaban J connectivity index is 0.000000517. The number of rotatable bonds is 5. The van der Waals surface area contributed by atoms with E-state index in [4.69, 9.17) is 19.7 Å². The largest absolute Gasteiger partial charge is 0.490 e. The van der Waals surface area contributed by atoms with Crippen molar-refractivity contribution in [3.05, 3.63) is 35.8 Å². The molecule has 0 amide bonds. The number of imidazole rings is 1. The van der Waals surface area contributed by atoms with Crippen LogP contribution < -0.4 is 10.5 Å². The van der Waals surface area contributed by atoms with Gasteiger partial charge in [-0.3, -0.25) is 0 Å². The predicted molar refractivity (Wildman–Crippen MR) is 120 cm³/mol. The van der Waals surface area contributed by atoms with Crippen molar-refractivity contribution in [2.45, 2.75) is 48.9 Å². The van der Waals surface area contributed by atoms with Gasteiger partial charge in [-0.25, -0.2) is 32.4 Å². The van der Waals surface area contributed by atoms with Gasteiger partial charge < -0.3 is 15.9 Å². The monoisotopic (exact) mass is 585 g/mol. The van der Waals surface area contributed by atoms with E-state index in [0.29, 0.717) is 23.8 Å². The minimum absolute atomic E-state index is 0.0346. The number of nitrogen functional groups attached to an aromatic ring is 1. The Labute approximate surface area is 219 Å². The first kappa shape index (κ1) is 24.5. The van der Waals surface area contributed by atoms with E-state index in [0.717, 1.165) is 24.4 Å². The normalized spacial score (nSPS) is 23.9. The summed E-state index contributed by atoms with van der Waals surface area (Å²) in [6.07, 6.45) is -7.51. The van der Waals surface area contributed by atoms with Crippen LogP contribution in [-0.4, -0.2) is 62.5 Å². The molecule has 0 unspecified atom stereocenters. The summed E-state index contributed by atoms with van der Waals surface area (Å²) < 4.78 is 125. The van der Waals surface area contributed by atoms with E-state index in [-0.39, 0.29) is 39.4 Å². The Morgan fingerprint density at radius 3 is 2.36 bits per heavy atom. The molecule has 6 rings (SSSR count). The number of alkyl halides is 6. The third kappa shape index (κ3) is 5.22. The molecule has 3 aliphatic carbocycles. The number of aliphatic hydroxyl groups is 1. The molecule has 2 bridgehead atoms. The Bertz CT molecular complexity index is 1660. The summed E-state index contributed by atoms with van der Waals surface area (Å²) in [5.41, 5.74) is 3.73. The van der Waals surface area contributed by atoms with E-state index in [9.17, 15) is 39.9 Å². The van der Waals surface area contributed by atoms with E-state index in [1.165, 1.54) is 0 Å². The first-order valence-electron chi connectivity index (χ1n) is 12.2. The first-order chi connectivity index (χ1) is 19.0. The van der Waals surface area contributed by atoms with Gasteiger partial charge in [-0.1, -0.05) is 6.07 Å². The van der Waals surface area contributed by atoms with Gasteiger partial charge >= 0.3 is 18.3 Å².